The highest BCUT2D eigenvalue weighted by Gasteiger charge is 2.11. The first kappa shape index (κ1) is 17.0. The number of nitrogens with one attached hydrogen (secondary N) is 1. The first-order valence-electron chi connectivity index (χ1n) is 8.41. The van der Waals surface area contributed by atoms with Crippen molar-refractivity contribution in [1.29, 1.82) is 0 Å². The fourth-order valence-corrected chi connectivity index (χ4v) is 2.78. The average molecular weight is 337 g/mol. The third-order valence-electron chi connectivity index (χ3n) is 4.06. The molecule has 0 saturated carbocycles. The van der Waals surface area contributed by atoms with E-state index in [9.17, 15) is 4.79 Å². The highest BCUT2D eigenvalue weighted by Crippen LogP contribution is 2.25. The lowest BCUT2D eigenvalue weighted by Gasteiger charge is -2.14. The minimum absolute atomic E-state index is 0.0489. The van der Waals surface area contributed by atoms with Crippen LogP contribution in [-0.4, -0.2) is 21.6 Å². The maximum atomic E-state index is 12.4. The second kappa shape index (κ2) is 6.97. The van der Waals surface area contributed by atoms with E-state index in [1.165, 1.54) is 0 Å². The van der Waals surface area contributed by atoms with Crippen LogP contribution in [0.15, 0.2) is 42.5 Å². The summed E-state index contributed by atoms with van der Waals surface area (Å²) in [6.45, 7) is 5.89. The Bertz CT molecular complexity index is 912. The van der Waals surface area contributed by atoms with Gasteiger partial charge in [0.2, 0.25) is 5.91 Å². The lowest BCUT2D eigenvalue weighted by atomic mass is 10.1. The minimum Gasteiger partial charge on any atom is -0.489 e. The van der Waals surface area contributed by atoms with Gasteiger partial charge in [0.25, 0.3) is 0 Å². The number of hydrogen-bond donors (Lipinski definition) is 1. The fourth-order valence-electron chi connectivity index (χ4n) is 2.78. The van der Waals surface area contributed by atoms with E-state index in [0.29, 0.717) is 17.9 Å². The molecule has 0 radical (unpaired) electrons. The molecular weight excluding hydrogens is 314 g/mol. The van der Waals surface area contributed by atoms with Gasteiger partial charge in [-0.2, -0.15) is 0 Å². The van der Waals surface area contributed by atoms with Gasteiger partial charge in [-0.15, -0.1) is 0 Å². The molecule has 1 aromatic heterocycles. The molecule has 0 fully saturated rings. The van der Waals surface area contributed by atoms with Crippen molar-refractivity contribution in [2.24, 2.45) is 7.05 Å². The molecule has 0 atom stereocenters. The van der Waals surface area contributed by atoms with Crippen LogP contribution >= 0.6 is 0 Å². The van der Waals surface area contributed by atoms with Crippen molar-refractivity contribution in [2.75, 3.05) is 5.32 Å². The first-order valence-corrected chi connectivity index (χ1v) is 8.41. The summed E-state index contributed by atoms with van der Waals surface area (Å²) in [5, 5.41) is 2.94. The number of ether oxygens (including phenoxy) is 1. The van der Waals surface area contributed by atoms with Gasteiger partial charge >= 0.3 is 0 Å². The molecule has 0 aliphatic carbocycles. The smallest absolute Gasteiger partial charge is 0.228 e. The quantitative estimate of drug-likeness (QED) is 0.769. The van der Waals surface area contributed by atoms with Crippen molar-refractivity contribution < 1.29 is 9.53 Å². The summed E-state index contributed by atoms with van der Waals surface area (Å²) in [6, 6.07) is 13.4. The van der Waals surface area contributed by atoms with Crippen LogP contribution in [0.2, 0.25) is 0 Å². The van der Waals surface area contributed by atoms with Crippen LogP contribution < -0.4 is 10.1 Å². The molecule has 3 aromatic rings. The number of nitrogens with zero attached hydrogens (tertiary/aromatic N) is 2. The van der Waals surface area contributed by atoms with Gasteiger partial charge in [-0.3, -0.25) is 4.79 Å². The first-order chi connectivity index (χ1) is 11.9. The Morgan fingerprint density at radius 1 is 1.24 bits per heavy atom. The zero-order chi connectivity index (χ0) is 18.0. The second-order valence-electron chi connectivity index (χ2n) is 6.43. The molecule has 1 N–H and O–H groups in total. The molecule has 0 unspecified atom stereocenters. The van der Waals surface area contributed by atoms with E-state index in [4.69, 9.17) is 4.74 Å². The van der Waals surface area contributed by atoms with E-state index < -0.39 is 0 Å². The van der Waals surface area contributed by atoms with E-state index >= 15 is 0 Å². The number of anilines is 1. The number of aryl methyl sites for hydroxylation is 2. The Labute approximate surface area is 147 Å². The summed E-state index contributed by atoms with van der Waals surface area (Å²) in [7, 11) is 1.99. The molecule has 0 saturated heterocycles. The predicted molar refractivity (Wildman–Crippen MR) is 100.0 cm³/mol. The number of benzene rings is 2. The largest absolute Gasteiger partial charge is 0.489 e. The number of para-hydroxylation sites is 2. The van der Waals surface area contributed by atoms with Crippen molar-refractivity contribution in [1.82, 2.24) is 9.55 Å². The van der Waals surface area contributed by atoms with Gasteiger partial charge in [-0.25, -0.2) is 4.98 Å². The summed E-state index contributed by atoms with van der Waals surface area (Å²) < 4.78 is 7.78. The van der Waals surface area contributed by atoms with Gasteiger partial charge in [0.1, 0.15) is 11.6 Å². The summed E-state index contributed by atoms with van der Waals surface area (Å²) in [5.41, 5.74) is 3.60. The Balaban J connectivity index is 1.75. The van der Waals surface area contributed by atoms with E-state index in [1.807, 2.05) is 74.9 Å². The minimum atomic E-state index is -0.0770. The molecule has 0 aliphatic rings. The number of rotatable bonds is 5. The standard InChI is InChI=1S/C20H23N3O2/c1-13(2)25-19-8-6-5-7-16(19)22-20(24)12-15-9-10-18-17(11-15)21-14(3)23(18)4/h5-11,13H,12H2,1-4H3,(H,22,24). The molecule has 130 valence electrons. The van der Waals surface area contributed by atoms with Gasteiger partial charge in [-0.1, -0.05) is 18.2 Å². The maximum Gasteiger partial charge on any atom is 0.228 e. The molecule has 0 bridgehead atoms. The molecular formula is C20H23N3O2. The Kier molecular flexibility index (Phi) is 4.74. The average Bonchev–Trinajstić information content (AvgIpc) is 2.83. The number of carbonyl (C=O) groups is 1. The number of fused-ring (bicyclic) bond motifs is 1. The van der Waals surface area contributed by atoms with Crippen LogP contribution in [-0.2, 0) is 18.3 Å². The summed E-state index contributed by atoms with van der Waals surface area (Å²) in [5.74, 6) is 1.56. The molecule has 0 aliphatic heterocycles. The van der Waals surface area contributed by atoms with Crippen LogP contribution in [0.3, 0.4) is 0 Å². The number of aromatic nitrogens is 2. The molecule has 5 heteroatoms. The van der Waals surface area contributed by atoms with Crippen molar-refractivity contribution in [3.05, 3.63) is 53.9 Å². The number of amides is 1. The van der Waals surface area contributed by atoms with Crippen molar-refractivity contribution >= 4 is 22.6 Å². The molecule has 2 aromatic carbocycles. The molecule has 0 spiro atoms. The zero-order valence-corrected chi connectivity index (χ0v) is 15.0. The molecule has 25 heavy (non-hydrogen) atoms. The number of carbonyl (C=O) groups excluding carboxylic acids is 1. The van der Waals surface area contributed by atoms with E-state index in [-0.39, 0.29) is 12.0 Å². The monoisotopic (exact) mass is 337 g/mol. The number of hydrogen-bond acceptors (Lipinski definition) is 3. The van der Waals surface area contributed by atoms with Gasteiger partial charge in [0, 0.05) is 7.05 Å². The summed E-state index contributed by atoms with van der Waals surface area (Å²) in [4.78, 5) is 17.0. The predicted octanol–water partition coefficient (Wildman–Crippen LogP) is 3.85. The highest BCUT2D eigenvalue weighted by molar-refractivity contribution is 5.94. The van der Waals surface area contributed by atoms with Gasteiger partial charge < -0.3 is 14.6 Å². The molecule has 1 amide bonds. The summed E-state index contributed by atoms with van der Waals surface area (Å²) in [6.07, 6.45) is 0.342. The zero-order valence-electron chi connectivity index (χ0n) is 15.0. The number of imidazole rings is 1. The Hall–Kier alpha value is -2.82. The van der Waals surface area contributed by atoms with Crippen LogP contribution in [0.1, 0.15) is 25.2 Å². The van der Waals surface area contributed by atoms with E-state index in [2.05, 4.69) is 10.3 Å². The molecule has 1 heterocycles. The second-order valence-corrected chi connectivity index (χ2v) is 6.43. The SMILES string of the molecule is Cc1nc2cc(CC(=O)Nc3ccccc3OC(C)C)ccc2n1C. The van der Waals surface area contributed by atoms with Crippen LogP contribution in [0.25, 0.3) is 11.0 Å². The third-order valence-corrected chi connectivity index (χ3v) is 4.06. The molecule has 3 rings (SSSR count). The van der Waals surface area contributed by atoms with Crippen molar-refractivity contribution in [3.63, 3.8) is 0 Å². The fraction of sp³-hybridized carbons (Fsp3) is 0.300. The van der Waals surface area contributed by atoms with Gasteiger partial charge in [0.05, 0.1) is 29.2 Å². The Morgan fingerprint density at radius 3 is 2.76 bits per heavy atom. The van der Waals surface area contributed by atoms with Gasteiger partial charge in [0.15, 0.2) is 0 Å². The summed E-state index contributed by atoms with van der Waals surface area (Å²) >= 11 is 0. The van der Waals surface area contributed by atoms with Crippen LogP contribution in [0.4, 0.5) is 5.69 Å². The normalized spacial score (nSPS) is 11.1. The maximum absolute atomic E-state index is 12.4. The van der Waals surface area contributed by atoms with Crippen molar-refractivity contribution in [2.45, 2.75) is 33.3 Å². The molecule has 5 nitrogen and oxygen atoms in total. The lowest BCUT2D eigenvalue weighted by Crippen LogP contribution is -2.16. The van der Waals surface area contributed by atoms with E-state index in [1.54, 1.807) is 0 Å². The van der Waals surface area contributed by atoms with Crippen LogP contribution in [0, 0.1) is 6.92 Å². The van der Waals surface area contributed by atoms with Crippen LogP contribution in [0.5, 0.6) is 5.75 Å². The highest BCUT2D eigenvalue weighted by atomic mass is 16.5. The third kappa shape index (κ3) is 3.82. The Morgan fingerprint density at radius 2 is 2.00 bits per heavy atom. The lowest BCUT2D eigenvalue weighted by molar-refractivity contribution is -0.115. The topological polar surface area (TPSA) is 56.1 Å². The van der Waals surface area contributed by atoms with Crippen molar-refractivity contribution in [3.8, 4) is 5.75 Å². The van der Waals surface area contributed by atoms with E-state index in [0.717, 1.165) is 22.4 Å². The van der Waals surface area contributed by atoms with Gasteiger partial charge in [-0.05, 0) is 50.6 Å².